The Morgan fingerprint density at radius 3 is 1.77 bits per heavy atom. The van der Waals surface area contributed by atoms with E-state index in [4.69, 9.17) is 14.2 Å². The summed E-state index contributed by atoms with van der Waals surface area (Å²) in [5, 5.41) is 25.2. The first-order chi connectivity index (χ1) is 14.1. The maximum Gasteiger partial charge on any atom is 0.410 e. The highest BCUT2D eigenvalue weighted by molar-refractivity contribution is 5.69. The van der Waals surface area contributed by atoms with Crippen LogP contribution in [0.2, 0.25) is 0 Å². The molecule has 0 saturated heterocycles. The van der Waals surface area contributed by atoms with Crippen molar-refractivity contribution in [2.45, 2.75) is 65.0 Å². The van der Waals surface area contributed by atoms with Crippen molar-refractivity contribution in [3.05, 3.63) is 12.7 Å². The van der Waals surface area contributed by atoms with Crippen molar-refractivity contribution in [3.8, 4) is 0 Å². The third-order valence-electron chi connectivity index (χ3n) is 3.21. The zero-order chi connectivity index (χ0) is 24.2. The summed E-state index contributed by atoms with van der Waals surface area (Å²) in [5.74, 6) is 0. The van der Waals surface area contributed by atoms with Gasteiger partial charge in [-0.1, -0.05) is 12.7 Å². The minimum absolute atomic E-state index is 0.0167. The predicted molar refractivity (Wildman–Crippen MR) is 114 cm³/mol. The second-order valence-corrected chi connectivity index (χ2v) is 8.84. The van der Waals surface area contributed by atoms with Gasteiger partial charge >= 0.3 is 18.3 Å². The van der Waals surface area contributed by atoms with Crippen LogP contribution in [0.1, 0.15) is 41.5 Å². The van der Waals surface area contributed by atoms with E-state index in [0.717, 1.165) is 4.90 Å². The van der Waals surface area contributed by atoms with Gasteiger partial charge in [-0.05, 0) is 41.5 Å². The average Bonchev–Trinajstić information content (AvgIpc) is 2.59. The lowest BCUT2D eigenvalue weighted by Gasteiger charge is -2.30. The second-order valence-electron chi connectivity index (χ2n) is 8.84. The van der Waals surface area contributed by atoms with E-state index in [1.165, 1.54) is 6.08 Å². The standard InChI is InChI=1S/C20H37N3O8/c1-8-9-29-16(26)21-10-14(24)12-23(18(28)31-20(5,6)7)13-15(25)11-22-17(27)30-19(2,3)4/h8,14-15,24-25H,1,9-13H2,2-7H3,(H,21,26)(H,22,27)/t14-,15-/m1/s1. The molecule has 11 nitrogen and oxygen atoms in total. The van der Waals surface area contributed by atoms with E-state index in [0.29, 0.717) is 0 Å². The van der Waals surface area contributed by atoms with Gasteiger partial charge in [-0.25, -0.2) is 14.4 Å². The summed E-state index contributed by atoms with van der Waals surface area (Å²) in [7, 11) is 0. The van der Waals surface area contributed by atoms with Gasteiger partial charge in [0.1, 0.15) is 17.8 Å². The molecule has 0 aliphatic carbocycles. The summed E-state index contributed by atoms with van der Waals surface area (Å²) in [6, 6.07) is 0. The van der Waals surface area contributed by atoms with Gasteiger partial charge in [0.25, 0.3) is 0 Å². The van der Waals surface area contributed by atoms with Crippen molar-refractivity contribution in [3.63, 3.8) is 0 Å². The molecular weight excluding hydrogens is 410 g/mol. The Bertz CT molecular complexity index is 598. The molecule has 0 bridgehead atoms. The lowest BCUT2D eigenvalue weighted by Crippen LogP contribution is -2.49. The van der Waals surface area contributed by atoms with E-state index in [1.54, 1.807) is 41.5 Å². The quantitative estimate of drug-likeness (QED) is 0.290. The van der Waals surface area contributed by atoms with Gasteiger partial charge in [0, 0.05) is 13.1 Å². The third kappa shape index (κ3) is 15.9. The molecule has 0 aromatic rings. The SMILES string of the molecule is C=CCOC(=O)NC[C@@H](O)CN(C[C@H](O)CNC(=O)OC(C)(C)C)C(=O)OC(C)(C)C. The van der Waals surface area contributed by atoms with Crippen molar-refractivity contribution in [1.29, 1.82) is 0 Å². The minimum atomic E-state index is -1.16. The number of ether oxygens (including phenoxy) is 3. The highest BCUT2D eigenvalue weighted by atomic mass is 16.6. The van der Waals surface area contributed by atoms with Crippen LogP contribution in [0.4, 0.5) is 14.4 Å². The number of alkyl carbamates (subject to hydrolysis) is 2. The Morgan fingerprint density at radius 1 is 0.903 bits per heavy atom. The fourth-order valence-electron chi connectivity index (χ4n) is 2.09. The Balaban J connectivity index is 4.86. The topological polar surface area (TPSA) is 147 Å². The van der Waals surface area contributed by atoms with E-state index < -0.39 is 41.7 Å². The van der Waals surface area contributed by atoms with Crippen LogP contribution >= 0.6 is 0 Å². The van der Waals surface area contributed by atoms with Crippen LogP contribution in [0.5, 0.6) is 0 Å². The summed E-state index contributed by atoms with van der Waals surface area (Å²) in [6.07, 6.45) is -3.14. The van der Waals surface area contributed by atoms with Crippen molar-refractivity contribution in [1.82, 2.24) is 15.5 Å². The zero-order valence-electron chi connectivity index (χ0n) is 19.3. The first-order valence-corrected chi connectivity index (χ1v) is 9.95. The molecule has 0 aliphatic rings. The van der Waals surface area contributed by atoms with Crippen LogP contribution in [0, 0.1) is 0 Å². The summed E-state index contributed by atoms with van der Waals surface area (Å²) >= 11 is 0. The van der Waals surface area contributed by atoms with Gasteiger partial charge in [0.05, 0.1) is 25.3 Å². The number of amides is 3. The lowest BCUT2D eigenvalue weighted by molar-refractivity contribution is 0.00295. The normalized spacial score (nSPS) is 13.4. The number of carbonyl (C=O) groups is 3. The van der Waals surface area contributed by atoms with Crippen molar-refractivity contribution in [2.24, 2.45) is 0 Å². The summed E-state index contributed by atoms with van der Waals surface area (Å²) in [4.78, 5) is 36.7. The Kier molecular flexibility index (Phi) is 11.9. The Morgan fingerprint density at radius 2 is 1.35 bits per heavy atom. The number of aliphatic hydroxyl groups is 2. The lowest BCUT2D eigenvalue weighted by atomic mass is 10.2. The second kappa shape index (κ2) is 13.0. The third-order valence-corrected chi connectivity index (χ3v) is 3.21. The largest absolute Gasteiger partial charge is 0.445 e. The van der Waals surface area contributed by atoms with E-state index >= 15 is 0 Å². The molecule has 0 aromatic carbocycles. The number of rotatable bonds is 10. The van der Waals surface area contributed by atoms with E-state index in [-0.39, 0.29) is 32.8 Å². The smallest absolute Gasteiger partial charge is 0.410 e. The van der Waals surface area contributed by atoms with Crippen LogP contribution in [0.3, 0.4) is 0 Å². The molecule has 11 heteroatoms. The van der Waals surface area contributed by atoms with Gasteiger partial charge in [0.15, 0.2) is 0 Å². The van der Waals surface area contributed by atoms with Crippen LogP contribution in [0.15, 0.2) is 12.7 Å². The van der Waals surface area contributed by atoms with Crippen molar-refractivity contribution < 1.29 is 38.8 Å². The van der Waals surface area contributed by atoms with Gasteiger partial charge in [0.2, 0.25) is 0 Å². The molecule has 0 spiro atoms. The molecule has 0 rings (SSSR count). The summed E-state index contributed by atoms with van der Waals surface area (Å²) < 4.78 is 15.1. The van der Waals surface area contributed by atoms with Crippen LogP contribution in [0.25, 0.3) is 0 Å². The summed E-state index contributed by atoms with van der Waals surface area (Å²) in [6.45, 7) is 12.7. The average molecular weight is 448 g/mol. The number of hydrogen-bond donors (Lipinski definition) is 4. The van der Waals surface area contributed by atoms with Crippen LogP contribution in [-0.2, 0) is 14.2 Å². The zero-order valence-corrected chi connectivity index (χ0v) is 19.3. The van der Waals surface area contributed by atoms with E-state index in [2.05, 4.69) is 17.2 Å². The number of carbonyl (C=O) groups excluding carboxylic acids is 3. The first-order valence-electron chi connectivity index (χ1n) is 9.95. The number of hydrogen-bond acceptors (Lipinski definition) is 8. The highest BCUT2D eigenvalue weighted by Gasteiger charge is 2.27. The van der Waals surface area contributed by atoms with Gasteiger partial charge < -0.3 is 40.0 Å². The fourth-order valence-corrected chi connectivity index (χ4v) is 2.09. The van der Waals surface area contributed by atoms with Crippen LogP contribution in [-0.4, -0.2) is 89.6 Å². The monoisotopic (exact) mass is 447 g/mol. The first kappa shape index (κ1) is 28.5. The molecule has 0 unspecified atom stereocenters. The molecule has 0 radical (unpaired) electrons. The number of aliphatic hydroxyl groups excluding tert-OH is 2. The Hall–Kier alpha value is -2.53. The highest BCUT2D eigenvalue weighted by Crippen LogP contribution is 2.11. The van der Waals surface area contributed by atoms with E-state index in [1.807, 2.05) is 0 Å². The molecule has 0 fully saturated rings. The van der Waals surface area contributed by atoms with E-state index in [9.17, 15) is 24.6 Å². The number of nitrogens with zero attached hydrogens (tertiary/aromatic N) is 1. The maximum atomic E-state index is 12.5. The summed E-state index contributed by atoms with van der Waals surface area (Å²) in [5.41, 5.74) is -1.49. The van der Waals surface area contributed by atoms with Gasteiger partial charge in [-0.15, -0.1) is 0 Å². The molecule has 0 heterocycles. The molecular formula is C20H37N3O8. The molecule has 4 N–H and O–H groups in total. The fraction of sp³-hybridized carbons (Fsp3) is 0.750. The molecule has 2 atom stereocenters. The molecule has 180 valence electrons. The van der Waals surface area contributed by atoms with Crippen LogP contribution < -0.4 is 10.6 Å². The van der Waals surface area contributed by atoms with Crippen molar-refractivity contribution >= 4 is 18.3 Å². The Labute approximate surface area is 183 Å². The number of nitrogens with one attached hydrogen (secondary N) is 2. The maximum absolute atomic E-state index is 12.5. The molecule has 3 amide bonds. The molecule has 31 heavy (non-hydrogen) atoms. The molecule has 0 aromatic heterocycles. The van der Waals surface area contributed by atoms with Gasteiger partial charge in [-0.2, -0.15) is 0 Å². The minimum Gasteiger partial charge on any atom is -0.445 e. The molecule has 0 aliphatic heterocycles. The van der Waals surface area contributed by atoms with Gasteiger partial charge in [-0.3, -0.25) is 0 Å². The van der Waals surface area contributed by atoms with Crippen molar-refractivity contribution in [2.75, 3.05) is 32.8 Å². The molecule has 0 saturated carbocycles. The predicted octanol–water partition coefficient (Wildman–Crippen LogP) is 1.38.